The Morgan fingerprint density at radius 2 is 1.92 bits per heavy atom. The van der Waals surface area contributed by atoms with Crippen LogP contribution in [0.5, 0.6) is 0 Å². The second-order valence-corrected chi connectivity index (χ2v) is 3.01. The average molecular weight is 201 g/mol. The Bertz CT molecular complexity index is 127. The molecule has 1 rings (SSSR count). The summed E-state index contributed by atoms with van der Waals surface area (Å²) in [6, 6.07) is 0. The third kappa shape index (κ3) is 2.84. The van der Waals surface area contributed by atoms with E-state index in [1.165, 1.54) is 11.8 Å². The third-order valence-corrected chi connectivity index (χ3v) is 2.02. The van der Waals surface area contributed by atoms with Crippen LogP contribution in [0, 0.1) is 0 Å². The fourth-order valence-corrected chi connectivity index (χ4v) is 1.22. The van der Waals surface area contributed by atoms with Crippen LogP contribution in [0.2, 0.25) is 0 Å². The average Bonchev–Trinajstić information content (AvgIpc) is 2.06. The third-order valence-electron chi connectivity index (χ3n) is 2.02. The van der Waals surface area contributed by atoms with E-state index in [0.29, 0.717) is 13.1 Å². The molecule has 1 fully saturated rings. The van der Waals surface area contributed by atoms with E-state index >= 15 is 0 Å². The topological polar surface area (TPSA) is 15.3 Å². The Hall–Kier alpha value is 0.0700. The van der Waals surface area contributed by atoms with Crippen molar-refractivity contribution in [3.05, 3.63) is 0 Å². The van der Waals surface area contributed by atoms with Crippen LogP contribution in [0.3, 0.4) is 0 Å². The van der Waals surface area contributed by atoms with Crippen molar-refractivity contribution in [2.24, 2.45) is 0 Å². The Balaban J connectivity index is 0.00000121. The van der Waals surface area contributed by atoms with Gasteiger partial charge in [-0.3, -0.25) is 4.90 Å². The van der Waals surface area contributed by atoms with E-state index in [0.717, 1.165) is 13.1 Å². The minimum Gasteiger partial charge on any atom is -0.314 e. The van der Waals surface area contributed by atoms with Crippen LogP contribution >= 0.6 is 12.4 Å². The van der Waals surface area contributed by atoms with Gasteiger partial charge in [0.2, 0.25) is 0 Å². The highest BCUT2D eigenvalue weighted by Gasteiger charge is 2.32. The van der Waals surface area contributed by atoms with Gasteiger partial charge < -0.3 is 5.32 Å². The second-order valence-electron chi connectivity index (χ2n) is 3.01. The van der Waals surface area contributed by atoms with Crippen molar-refractivity contribution in [1.82, 2.24) is 10.2 Å². The molecule has 1 N–H and O–H groups in total. The molecular weight excluding hydrogens is 186 g/mol. The van der Waals surface area contributed by atoms with E-state index in [-0.39, 0.29) is 12.4 Å². The first kappa shape index (κ1) is 12.1. The molecule has 0 aromatic heterocycles. The number of alkyl halides is 2. The highest BCUT2D eigenvalue weighted by atomic mass is 35.5. The summed E-state index contributed by atoms with van der Waals surface area (Å²) in [5.41, 5.74) is 0. The summed E-state index contributed by atoms with van der Waals surface area (Å²) in [4.78, 5) is 1.53. The molecule has 0 bridgehead atoms. The summed E-state index contributed by atoms with van der Waals surface area (Å²) in [5.74, 6) is -1.76. The zero-order valence-electron chi connectivity index (χ0n) is 7.15. The molecule has 1 saturated heterocycles. The predicted octanol–water partition coefficient (Wildman–Crippen LogP) is 0.969. The first-order valence-corrected chi connectivity index (χ1v) is 3.87. The molecule has 74 valence electrons. The summed E-state index contributed by atoms with van der Waals surface area (Å²) in [5, 5.41) is 3.08. The van der Waals surface area contributed by atoms with Crippen LogP contribution < -0.4 is 5.32 Å². The normalized spacial score (nSPS) is 24.2. The minimum atomic E-state index is -1.76. The first-order valence-electron chi connectivity index (χ1n) is 3.87. The molecule has 1 heterocycles. The van der Waals surface area contributed by atoms with Crippen LogP contribution in [-0.4, -0.2) is 43.5 Å². The lowest BCUT2D eigenvalue weighted by atomic mass is 10.2. The van der Waals surface area contributed by atoms with Gasteiger partial charge in [-0.25, -0.2) is 8.78 Å². The van der Waals surface area contributed by atoms with Crippen molar-refractivity contribution in [1.29, 1.82) is 0 Å². The van der Waals surface area contributed by atoms with E-state index in [2.05, 4.69) is 5.32 Å². The zero-order valence-corrected chi connectivity index (χ0v) is 7.96. The quantitative estimate of drug-likeness (QED) is 0.669. The largest absolute Gasteiger partial charge is 0.314 e. The van der Waals surface area contributed by atoms with Gasteiger partial charge in [-0.1, -0.05) is 0 Å². The Labute approximate surface area is 77.7 Å². The lowest BCUT2D eigenvalue weighted by Gasteiger charge is -2.35. The molecule has 1 aliphatic heterocycles. The van der Waals surface area contributed by atoms with Gasteiger partial charge in [0.1, 0.15) is 6.67 Å². The van der Waals surface area contributed by atoms with E-state index in [1.807, 2.05) is 0 Å². The molecule has 1 unspecified atom stereocenters. The molecule has 2 nitrogen and oxygen atoms in total. The molecule has 0 amide bonds. The number of piperazine rings is 1. The molecule has 0 aromatic carbocycles. The minimum absolute atomic E-state index is 0. The molecule has 0 saturated carbocycles. The number of hydrogen-bond acceptors (Lipinski definition) is 2. The van der Waals surface area contributed by atoms with Crippen molar-refractivity contribution in [3.63, 3.8) is 0 Å². The smallest absolute Gasteiger partial charge is 0.189 e. The van der Waals surface area contributed by atoms with E-state index < -0.39 is 12.5 Å². The van der Waals surface area contributed by atoms with Crippen LogP contribution in [0.4, 0.5) is 8.78 Å². The van der Waals surface area contributed by atoms with Crippen molar-refractivity contribution in [3.8, 4) is 0 Å². The maximum Gasteiger partial charge on any atom is 0.189 e. The van der Waals surface area contributed by atoms with Gasteiger partial charge >= 0.3 is 0 Å². The Morgan fingerprint density at radius 1 is 1.42 bits per heavy atom. The molecule has 0 radical (unpaired) electrons. The first-order chi connectivity index (χ1) is 5.17. The van der Waals surface area contributed by atoms with Crippen LogP contribution in [0.1, 0.15) is 6.92 Å². The van der Waals surface area contributed by atoms with Gasteiger partial charge in [0, 0.05) is 26.2 Å². The van der Waals surface area contributed by atoms with E-state index in [4.69, 9.17) is 0 Å². The van der Waals surface area contributed by atoms with Gasteiger partial charge in [0.15, 0.2) is 5.79 Å². The molecule has 0 spiro atoms. The van der Waals surface area contributed by atoms with Crippen LogP contribution in [0.25, 0.3) is 0 Å². The van der Waals surface area contributed by atoms with Crippen molar-refractivity contribution >= 4 is 12.4 Å². The Kier molecular flexibility index (Phi) is 4.97. The summed E-state index contributed by atoms with van der Waals surface area (Å²) < 4.78 is 25.3. The van der Waals surface area contributed by atoms with Crippen molar-refractivity contribution < 1.29 is 8.78 Å². The van der Waals surface area contributed by atoms with E-state index in [1.54, 1.807) is 0 Å². The maximum atomic E-state index is 13.2. The molecule has 5 heteroatoms. The summed E-state index contributed by atoms with van der Waals surface area (Å²) in [6.45, 7) is 3.05. The van der Waals surface area contributed by atoms with Crippen LogP contribution in [0.15, 0.2) is 0 Å². The number of halogens is 3. The standard InChI is InChI=1S/C7H14F2N2.ClH/c1-7(9,6-8)11-4-2-10-3-5-11;/h10H,2-6H2,1H3;1H. The highest BCUT2D eigenvalue weighted by Crippen LogP contribution is 2.17. The number of nitrogens with zero attached hydrogens (tertiary/aromatic N) is 1. The summed E-state index contributed by atoms with van der Waals surface area (Å²) in [6.07, 6.45) is 0. The summed E-state index contributed by atoms with van der Waals surface area (Å²) in [7, 11) is 0. The van der Waals surface area contributed by atoms with Gasteiger partial charge in [0.05, 0.1) is 0 Å². The number of nitrogens with one attached hydrogen (secondary N) is 1. The lowest BCUT2D eigenvalue weighted by molar-refractivity contribution is -0.0434. The highest BCUT2D eigenvalue weighted by molar-refractivity contribution is 5.85. The van der Waals surface area contributed by atoms with Crippen molar-refractivity contribution in [2.45, 2.75) is 12.7 Å². The summed E-state index contributed by atoms with van der Waals surface area (Å²) >= 11 is 0. The monoisotopic (exact) mass is 200 g/mol. The van der Waals surface area contributed by atoms with Gasteiger partial charge in [-0.15, -0.1) is 12.4 Å². The SMILES string of the molecule is CC(F)(CF)N1CCNCC1.Cl. The fourth-order valence-electron chi connectivity index (χ4n) is 1.22. The van der Waals surface area contributed by atoms with E-state index in [9.17, 15) is 8.78 Å². The van der Waals surface area contributed by atoms with Crippen molar-refractivity contribution in [2.75, 3.05) is 32.9 Å². The number of rotatable bonds is 2. The van der Waals surface area contributed by atoms with Gasteiger partial charge in [-0.05, 0) is 6.92 Å². The lowest BCUT2D eigenvalue weighted by Crippen LogP contribution is -2.53. The molecule has 1 aliphatic rings. The molecule has 0 aromatic rings. The molecule has 1 atom stereocenters. The zero-order chi connectivity index (χ0) is 8.32. The second kappa shape index (κ2) is 4.94. The molecule has 12 heavy (non-hydrogen) atoms. The predicted molar refractivity (Wildman–Crippen MR) is 47.2 cm³/mol. The molecule has 0 aliphatic carbocycles. The van der Waals surface area contributed by atoms with Crippen LogP contribution in [-0.2, 0) is 0 Å². The Morgan fingerprint density at radius 3 is 2.33 bits per heavy atom. The maximum absolute atomic E-state index is 13.2. The number of hydrogen-bond donors (Lipinski definition) is 1. The molecular formula is C7H15ClF2N2. The van der Waals surface area contributed by atoms with Gasteiger partial charge in [-0.2, -0.15) is 0 Å². The van der Waals surface area contributed by atoms with Gasteiger partial charge in [0.25, 0.3) is 0 Å². The fraction of sp³-hybridized carbons (Fsp3) is 1.00.